The Labute approximate surface area is 86.4 Å². The zero-order valence-electron chi connectivity index (χ0n) is 8.78. The van der Waals surface area contributed by atoms with Gasteiger partial charge in [0, 0.05) is 0 Å². The number of hydrogen-bond acceptors (Lipinski definition) is 6. The highest BCUT2D eigenvalue weighted by Crippen LogP contribution is 2.17. The molecular formula is C7H14N2O6. The minimum absolute atomic E-state index is 0.250. The zero-order chi connectivity index (χ0) is 12.0. The molecule has 0 saturated carbocycles. The van der Waals surface area contributed by atoms with E-state index in [9.17, 15) is 20.2 Å². The number of rotatable bonds is 7. The maximum atomic E-state index is 10.2. The molecule has 0 saturated heterocycles. The van der Waals surface area contributed by atoms with E-state index in [1.165, 1.54) is 0 Å². The van der Waals surface area contributed by atoms with Crippen LogP contribution in [0.3, 0.4) is 0 Å². The minimum atomic E-state index is -0.965. The number of hydrogen-bond donors (Lipinski definition) is 0. The van der Waals surface area contributed by atoms with Gasteiger partial charge in [-0.1, -0.05) is 20.8 Å². The molecule has 0 aromatic heterocycles. The van der Waals surface area contributed by atoms with Gasteiger partial charge in [-0.25, -0.2) is 0 Å². The molecule has 0 aliphatic carbocycles. The Bertz CT molecular complexity index is 232. The summed E-state index contributed by atoms with van der Waals surface area (Å²) in [4.78, 5) is 29.0. The Hall–Kier alpha value is -1.60. The molecule has 0 N–H and O–H groups in total. The van der Waals surface area contributed by atoms with E-state index in [0.29, 0.717) is 0 Å². The Morgan fingerprint density at radius 3 is 1.87 bits per heavy atom. The van der Waals surface area contributed by atoms with E-state index < -0.39 is 22.4 Å². The fourth-order valence-electron chi connectivity index (χ4n) is 1.20. The van der Waals surface area contributed by atoms with Crippen molar-refractivity contribution in [2.45, 2.75) is 39.4 Å². The molecule has 0 amide bonds. The van der Waals surface area contributed by atoms with Crippen LogP contribution in [0.15, 0.2) is 0 Å². The van der Waals surface area contributed by atoms with Crippen LogP contribution >= 0.6 is 0 Å². The predicted molar refractivity (Wildman–Crippen MR) is 48.9 cm³/mol. The molecule has 0 spiro atoms. The first-order valence-corrected chi connectivity index (χ1v) is 4.50. The van der Waals surface area contributed by atoms with E-state index in [4.69, 9.17) is 0 Å². The standard InChI is InChI=1S/C7H14N2O6/c1-4-6(14-8(10)11)7(5(2)3)15-9(12)13/h5-7H,4H2,1-3H3. The molecule has 8 nitrogen and oxygen atoms in total. The molecule has 88 valence electrons. The SMILES string of the molecule is CCC(O[N+](=O)[O-])C(O[N+](=O)[O-])C(C)C. The highest BCUT2D eigenvalue weighted by molar-refractivity contribution is 4.70. The summed E-state index contributed by atoms with van der Waals surface area (Å²) in [6, 6.07) is 0. The summed E-state index contributed by atoms with van der Waals surface area (Å²) in [5, 5.41) is 18.4. The third kappa shape index (κ3) is 4.99. The lowest BCUT2D eigenvalue weighted by molar-refractivity contribution is -0.800. The van der Waals surface area contributed by atoms with E-state index in [2.05, 4.69) is 9.68 Å². The fraction of sp³-hybridized carbons (Fsp3) is 1.00. The van der Waals surface area contributed by atoms with Crippen molar-refractivity contribution in [2.24, 2.45) is 5.92 Å². The predicted octanol–water partition coefficient (Wildman–Crippen LogP) is 1.21. The average molecular weight is 222 g/mol. The van der Waals surface area contributed by atoms with E-state index in [0.717, 1.165) is 0 Å². The lowest BCUT2D eigenvalue weighted by Gasteiger charge is -2.25. The van der Waals surface area contributed by atoms with Crippen LogP contribution in [0.4, 0.5) is 0 Å². The molecule has 15 heavy (non-hydrogen) atoms. The summed E-state index contributed by atoms with van der Waals surface area (Å²) in [5.41, 5.74) is 0. The van der Waals surface area contributed by atoms with Crippen LogP contribution in [0.2, 0.25) is 0 Å². The van der Waals surface area contributed by atoms with Crippen molar-refractivity contribution in [3.8, 4) is 0 Å². The van der Waals surface area contributed by atoms with Gasteiger partial charge in [0.25, 0.3) is 10.2 Å². The summed E-state index contributed by atoms with van der Waals surface area (Å²) < 4.78 is 0. The monoisotopic (exact) mass is 222 g/mol. The molecule has 0 aliphatic heterocycles. The van der Waals surface area contributed by atoms with Crippen LogP contribution in [0, 0.1) is 26.1 Å². The molecule has 0 fully saturated rings. The molecule has 2 unspecified atom stereocenters. The van der Waals surface area contributed by atoms with Gasteiger partial charge < -0.3 is 9.68 Å². The molecule has 0 radical (unpaired) electrons. The van der Waals surface area contributed by atoms with Gasteiger partial charge in [0.15, 0.2) is 0 Å². The summed E-state index contributed by atoms with van der Waals surface area (Å²) in [7, 11) is 0. The Balaban J connectivity index is 4.54. The van der Waals surface area contributed by atoms with Crippen molar-refractivity contribution >= 4 is 0 Å². The number of nitrogens with zero attached hydrogens (tertiary/aromatic N) is 2. The second kappa shape index (κ2) is 5.99. The maximum absolute atomic E-state index is 10.2. The summed E-state index contributed by atoms with van der Waals surface area (Å²) >= 11 is 0. The van der Waals surface area contributed by atoms with Crippen molar-refractivity contribution in [3.05, 3.63) is 20.2 Å². The van der Waals surface area contributed by atoms with E-state index in [1.54, 1.807) is 20.8 Å². The Morgan fingerprint density at radius 1 is 1.13 bits per heavy atom. The summed E-state index contributed by atoms with van der Waals surface area (Å²) in [5.74, 6) is -0.250. The second-order valence-corrected chi connectivity index (χ2v) is 3.31. The molecule has 0 aromatic carbocycles. The minimum Gasteiger partial charge on any atom is -0.308 e. The van der Waals surface area contributed by atoms with Crippen molar-refractivity contribution in [3.63, 3.8) is 0 Å². The molecule has 0 heterocycles. The molecule has 0 rings (SSSR count). The van der Waals surface area contributed by atoms with Crippen LogP contribution in [0.1, 0.15) is 27.2 Å². The van der Waals surface area contributed by atoms with Crippen molar-refractivity contribution in [2.75, 3.05) is 0 Å². The Kier molecular flexibility index (Phi) is 5.35. The van der Waals surface area contributed by atoms with Crippen LogP contribution in [0.5, 0.6) is 0 Å². The first-order valence-electron chi connectivity index (χ1n) is 4.50. The quantitative estimate of drug-likeness (QED) is 0.473. The molecule has 2 atom stereocenters. The average Bonchev–Trinajstić information content (AvgIpc) is 2.09. The van der Waals surface area contributed by atoms with Crippen LogP contribution in [-0.4, -0.2) is 22.4 Å². The first-order chi connectivity index (χ1) is 6.88. The lowest BCUT2D eigenvalue weighted by atomic mass is 10.0. The largest absolute Gasteiger partial charge is 0.308 e. The fourth-order valence-corrected chi connectivity index (χ4v) is 1.20. The topological polar surface area (TPSA) is 105 Å². The molecule has 0 aromatic rings. The van der Waals surface area contributed by atoms with Gasteiger partial charge in [0.05, 0.1) is 0 Å². The van der Waals surface area contributed by atoms with Crippen LogP contribution < -0.4 is 0 Å². The molecule has 8 heteroatoms. The van der Waals surface area contributed by atoms with Crippen LogP contribution in [-0.2, 0) is 9.68 Å². The first kappa shape index (κ1) is 13.4. The van der Waals surface area contributed by atoms with Gasteiger partial charge in [-0.15, -0.1) is 20.2 Å². The highest BCUT2D eigenvalue weighted by atomic mass is 17.0. The maximum Gasteiger partial charge on any atom is 0.294 e. The van der Waals surface area contributed by atoms with Gasteiger partial charge in [0.2, 0.25) is 0 Å². The third-order valence-corrected chi connectivity index (χ3v) is 1.86. The van der Waals surface area contributed by atoms with Gasteiger partial charge in [-0.2, -0.15) is 0 Å². The summed E-state index contributed by atoms with van der Waals surface area (Å²) in [6.45, 7) is 4.97. The molecular weight excluding hydrogens is 208 g/mol. The van der Waals surface area contributed by atoms with Gasteiger partial charge in [0.1, 0.15) is 12.2 Å². The van der Waals surface area contributed by atoms with Gasteiger partial charge >= 0.3 is 0 Å². The van der Waals surface area contributed by atoms with E-state index >= 15 is 0 Å². The lowest BCUT2D eigenvalue weighted by Crippen LogP contribution is -2.38. The van der Waals surface area contributed by atoms with Crippen molar-refractivity contribution < 1.29 is 19.8 Å². The molecule has 0 bridgehead atoms. The second-order valence-electron chi connectivity index (χ2n) is 3.31. The summed E-state index contributed by atoms with van der Waals surface area (Å²) in [6.07, 6.45) is -1.60. The van der Waals surface area contributed by atoms with Gasteiger partial charge in [-0.3, -0.25) is 0 Å². The van der Waals surface area contributed by atoms with E-state index in [1.807, 2.05) is 0 Å². The van der Waals surface area contributed by atoms with Crippen molar-refractivity contribution in [1.82, 2.24) is 0 Å². The van der Waals surface area contributed by atoms with Gasteiger partial charge in [-0.05, 0) is 12.3 Å². The molecule has 0 aliphatic rings. The zero-order valence-corrected chi connectivity index (χ0v) is 8.78. The Morgan fingerprint density at radius 2 is 1.60 bits per heavy atom. The smallest absolute Gasteiger partial charge is 0.294 e. The normalized spacial score (nSPS) is 14.4. The third-order valence-electron chi connectivity index (χ3n) is 1.86. The highest BCUT2D eigenvalue weighted by Gasteiger charge is 2.29. The van der Waals surface area contributed by atoms with Crippen molar-refractivity contribution in [1.29, 1.82) is 0 Å². The van der Waals surface area contributed by atoms with E-state index in [-0.39, 0.29) is 12.3 Å². The van der Waals surface area contributed by atoms with Crippen LogP contribution in [0.25, 0.3) is 0 Å².